The topological polar surface area (TPSA) is 111 Å². The molecule has 0 aromatic carbocycles. The van der Waals surface area contributed by atoms with Crippen LogP contribution in [0.4, 0.5) is 11.7 Å². The van der Waals surface area contributed by atoms with Gasteiger partial charge in [0.05, 0.1) is 18.5 Å². The highest BCUT2D eigenvalue weighted by Gasteiger charge is 2.10. The number of nitrogens with one attached hydrogen (secondary N) is 1. The molecule has 0 atom stereocenters. The van der Waals surface area contributed by atoms with E-state index < -0.39 is 4.92 Å². The summed E-state index contributed by atoms with van der Waals surface area (Å²) in [6.45, 7) is 0. The predicted octanol–water partition coefficient (Wildman–Crippen LogP) is 2.33. The Kier molecular flexibility index (Phi) is 3.24. The minimum atomic E-state index is -0.624. The molecule has 0 aliphatic carbocycles. The first-order chi connectivity index (χ1) is 10.1. The standard InChI is InChI=1S/C11H7ClN6O3/c12-8-5-10(17-9(15-8)3-4-14-17)16-13-6-7-1-2-11(21-7)18(19)20/h1-6,16H/b13-6+. The number of hydrogen-bond acceptors (Lipinski definition) is 7. The van der Waals surface area contributed by atoms with Gasteiger partial charge in [0.25, 0.3) is 0 Å². The minimum absolute atomic E-state index is 0.242. The molecule has 0 spiro atoms. The maximum Gasteiger partial charge on any atom is 0.433 e. The first kappa shape index (κ1) is 13.1. The van der Waals surface area contributed by atoms with Crippen LogP contribution >= 0.6 is 11.6 Å². The Morgan fingerprint density at radius 2 is 2.33 bits per heavy atom. The third-order valence-electron chi connectivity index (χ3n) is 2.49. The monoisotopic (exact) mass is 306 g/mol. The van der Waals surface area contributed by atoms with Crippen LogP contribution in [0, 0.1) is 10.1 Å². The smallest absolute Gasteiger partial charge is 0.400 e. The van der Waals surface area contributed by atoms with E-state index in [0.717, 1.165) is 0 Å². The lowest BCUT2D eigenvalue weighted by Gasteiger charge is -2.03. The molecule has 0 bridgehead atoms. The Bertz CT molecular complexity index is 839. The second-order valence-corrected chi connectivity index (χ2v) is 4.26. The zero-order valence-electron chi connectivity index (χ0n) is 10.3. The molecular formula is C11H7ClN6O3. The molecule has 10 heteroatoms. The summed E-state index contributed by atoms with van der Waals surface area (Å²) in [5, 5.41) is 18.7. The summed E-state index contributed by atoms with van der Waals surface area (Å²) >= 11 is 5.88. The van der Waals surface area contributed by atoms with Crippen molar-refractivity contribution in [2.75, 3.05) is 5.43 Å². The summed E-state index contributed by atoms with van der Waals surface area (Å²) in [5.74, 6) is 0.385. The number of anilines is 1. The van der Waals surface area contributed by atoms with Gasteiger partial charge in [-0.1, -0.05) is 11.6 Å². The summed E-state index contributed by atoms with van der Waals surface area (Å²) < 4.78 is 6.44. The average Bonchev–Trinajstić information content (AvgIpc) is 3.06. The van der Waals surface area contributed by atoms with Gasteiger partial charge in [-0.3, -0.25) is 15.5 Å². The van der Waals surface area contributed by atoms with E-state index in [1.165, 1.54) is 22.9 Å². The summed E-state index contributed by atoms with van der Waals surface area (Å²) in [5.41, 5.74) is 3.28. The number of halogens is 1. The van der Waals surface area contributed by atoms with Crippen molar-refractivity contribution in [3.8, 4) is 0 Å². The number of fused-ring (bicyclic) bond motifs is 1. The number of hydrogen-bond donors (Lipinski definition) is 1. The van der Waals surface area contributed by atoms with Gasteiger partial charge in [0.2, 0.25) is 0 Å². The number of nitrogens with zero attached hydrogens (tertiary/aromatic N) is 5. The van der Waals surface area contributed by atoms with E-state index >= 15 is 0 Å². The van der Waals surface area contributed by atoms with Crippen LogP contribution in [-0.2, 0) is 0 Å². The van der Waals surface area contributed by atoms with Crippen molar-refractivity contribution < 1.29 is 9.34 Å². The molecule has 0 amide bonds. The van der Waals surface area contributed by atoms with Crippen molar-refractivity contribution in [3.63, 3.8) is 0 Å². The van der Waals surface area contributed by atoms with Crippen LogP contribution < -0.4 is 5.43 Å². The van der Waals surface area contributed by atoms with Gasteiger partial charge in [0.15, 0.2) is 17.2 Å². The largest absolute Gasteiger partial charge is 0.433 e. The highest BCUT2D eigenvalue weighted by Crippen LogP contribution is 2.16. The lowest BCUT2D eigenvalue weighted by Crippen LogP contribution is -2.00. The molecule has 0 aliphatic heterocycles. The van der Waals surface area contributed by atoms with Gasteiger partial charge in [0, 0.05) is 12.1 Å². The van der Waals surface area contributed by atoms with Gasteiger partial charge in [-0.15, -0.1) is 0 Å². The highest BCUT2D eigenvalue weighted by atomic mass is 35.5. The van der Waals surface area contributed by atoms with Crippen LogP contribution in [0.15, 0.2) is 40.0 Å². The second kappa shape index (κ2) is 5.21. The van der Waals surface area contributed by atoms with Crippen LogP contribution in [0.1, 0.15) is 5.76 Å². The molecule has 106 valence electrons. The van der Waals surface area contributed by atoms with E-state index in [2.05, 4.69) is 20.6 Å². The fourth-order valence-electron chi connectivity index (χ4n) is 1.63. The van der Waals surface area contributed by atoms with Gasteiger partial charge >= 0.3 is 5.88 Å². The Hall–Kier alpha value is -2.94. The van der Waals surface area contributed by atoms with E-state index in [0.29, 0.717) is 11.5 Å². The van der Waals surface area contributed by atoms with E-state index in [1.807, 2.05) is 0 Å². The summed E-state index contributed by atoms with van der Waals surface area (Å²) in [6, 6.07) is 5.92. The van der Waals surface area contributed by atoms with E-state index in [4.69, 9.17) is 16.0 Å². The molecule has 21 heavy (non-hydrogen) atoms. The van der Waals surface area contributed by atoms with Gasteiger partial charge in [-0.25, -0.2) is 4.98 Å². The lowest BCUT2D eigenvalue weighted by atomic mass is 10.5. The number of aromatic nitrogens is 3. The van der Waals surface area contributed by atoms with Crippen molar-refractivity contribution in [3.05, 3.63) is 51.5 Å². The first-order valence-electron chi connectivity index (χ1n) is 5.67. The van der Waals surface area contributed by atoms with Crippen LogP contribution in [0.5, 0.6) is 0 Å². The zero-order chi connectivity index (χ0) is 14.8. The van der Waals surface area contributed by atoms with Gasteiger partial charge in [-0.05, 0) is 6.07 Å². The Labute approximate surface area is 122 Å². The summed E-state index contributed by atoms with van der Waals surface area (Å²) in [4.78, 5) is 13.9. The molecule has 0 saturated heterocycles. The number of nitro groups is 1. The molecule has 0 aliphatic rings. The van der Waals surface area contributed by atoms with Crippen LogP contribution in [0.2, 0.25) is 5.15 Å². The number of furan rings is 1. The van der Waals surface area contributed by atoms with Gasteiger partial charge in [-0.2, -0.15) is 14.7 Å². The Morgan fingerprint density at radius 1 is 1.48 bits per heavy atom. The maximum absolute atomic E-state index is 10.5. The molecule has 3 aromatic rings. The highest BCUT2D eigenvalue weighted by molar-refractivity contribution is 6.29. The van der Waals surface area contributed by atoms with Crippen molar-refractivity contribution in [2.24, 2.45) is 5.10 Å². The van der Waals surface area contributed by atoms with Gasteiger partial charge < -0.3 is 4.42 Å². The summed E-state index contributed by atoms with van der Waals surface area (Å²) in [7, 11) is 0. The molecule has 0 unspecified atom stereocenters. The third-order valence-corrected chi connectivity index (χ3v) is 2.69. The molecule has 3 heterocycles. The number of rotatable bonds is 4. The molecule has 9 nitrogen and oxygen atoms in total. The van der Waals surface area contributed by atoms with Crippen LogP contribution in [0.25, 0.3) is 5.65 Å². The minimum Gasteiger partial charge on any atom is -0.400 e. The molecule has 0 radical (unpaired) electrons. The van der Waals surface area contributed by atoms with Crippen molar-refractivity contribution in [1.82, 2.24) is 14.6 Å². The lowest BCUT2D eigenvalue weighted by molar-refractivity contribution is -0.402. The molecule has 0 fully saturated rings. The van der Waals surface area contributed by atoms with Crippen LogP contribution in [0.3, 0.4) is 0 Å². The summed E-state index contributed by atoms with van der Waals surface area (Å²) in [6.07, 6.45) is 2.88. The van der Waals surface area contributed by atoms with Crippen molar-refractivity contribution in [2.45, 2.75) is 0 Å². The first-order valence-corrected chi connectivity index (χ1v) is 6.05. The molecular weight excluding hydrogens is 300 g/mol. The van der Waals surface area contributed by atoms with E-state index in [1.54, 1.807) is 18.3 Å². The zero-order valence-corrected chi connectivity index (χ0v) is 11.1. The molecule has 0 saturated carbocycles. The normalized spacial score (nSPS) is 11.3. The van der Waals surface area contributed by atoms with Crippen molar-refractivity contribution in [1.29, 1.82) is 0 Å². The van der Waals surface area contributed by atoms with Crippen molar-refractivity contribution >= 4 is 35.2 Å². The second-order valence-electron chi connectivity index (χ2n) is 3.87. The fourth-order valence-corrected chi connectivity index (χ4v) is 1.82. The molecule has 1 N–H and O–H groups in total. The SMILES string of the molecule is O=[N+]([O-])c1ccc(/C=N/Nc2cc(Cl)nc3ccnn23)o1. The maximum atomic E-state index is 10.5. The molecule has 3 aromatic heterocycles. The van der Waals surface area contributed by atoms with Crippen LogP contribution in [-0.4, -0.2) is 25.7 Å². The van der Waals surface area contributed by atoms with E-state index in [9.17, 15) is 10.1 Å². The van der Waals surface area contributed by atoms with E-state index in [-0.39, 0.29) is 16.8 Å². The quantitative estimate of drug-likeness (QED) is 0.343. The van der Waals surface area contributed by atoms with Gasteiger partial charge in [0.1, 0.15) is 10.1 Å². The Morgan fingerprint density at radius 3 is 3.10 bits per heavy atom. The number of hydrazone groups is 1. The predicted molar refractivity (Wildman–Crippen MR) is 74.6 cm³/mol. The average molecular weight is 307 g/mol. The Balaban J connectivity index is 1.80. The molecule has 3 rings (SSSR count). The fraction of sp³-hybridized carbons (Fsp3) is 0. The third kappa shape index (κ3) is 2.67.